The molecule has 1 unspecified atom stereocenters. The molecule has 0 spiro atoms. The van der Waals surface area contributed by atoms with Crippen molar-refractivity contribution in [3.63, 3.8) is 0 Å². The number of aliphatic hydroxyl groups is 1. The number of nitrogens with zero attached hydrogens (tertiary/aromatic N) is 2. The lowest BCUT2D eigenvalue weighted by Gasteiger charge is -2.18. The lowest BCUT2D eigenvalue weighted by atomic mass is 10.1. The Kier molecular flexibility index (Phi) is 4.45. The van der Waals surface area contributed by atoms with Gasteiger partial charge in [0.2, 0.25) is 0 Å². The van der Waals surface area contributed by atoms with Gasteiger partial charge in [0.15, 0.2) is 5.60 Å². The highest BCUT2D eigenvalue weighted by atomic mass is 16.6. The summed E-state index contributed by atoms with van der Waals surface area (Å²) in [7, 11) is 0. The second kappa shape index (κ2) is 5.70. The number of aromatic nitrogens is 1. The Hall–Kier alpha value is -2.42. The number of rotatable bonds is 6. The molecule has 0 aliphatic rings. The van der Waals surface area contributed by atoms with Crippen LogP contribution in [0.2, 0.25) is 0 Å². The lowest BCUT2D eigenvalue weighted by molar-refractivity contribution is -0.384. The van der Waals surface area contributed by atoms with Gasteiger partial charge in [-0.15, -0.1) is 0 Å². The molecular weight excluding hydrogens is 270 g/mol. The Morgan fingerprint density at radius 2 is 2.15 bits per heavy atom. The van der Waals surface area contributed by atoms with E-state index >= 15 is 0 Å². The van der Waals surface area contributed by atoms with E-state index in [-0.39, 0.29) is 11.4 Å². The molecule has 9 nitrogen and oxygen atoms in total. The molecule has 1 atom stereocenters. The predicted molar refractivity (Wildman–Crippen MR) is 67.4 cm³/mol. The van der Waals surface area contributed by atoms with Crippen LogP contribution in [0.15, 0.2) is 12.3 Å². The first-order chi connectivity index (χ1) is 9.19. The lowest BCUT2D eigenvalue weighted by Crippen LogP contribution is -2.46. The van der Waals surface area contributed by atoms with Crippen molar-refractivity contribution < 1.29 is 24.7 Å². The van der Waals surface area contributed by atoms with Crippen LogP contribution >= 0.6 is 0 Å². The van der Waals surface area contributed by atoms with E-state index < -0.39 is 28.9 Å². The molecule has 0 aliphatic heterocycles. The fourth-order valence-corrected chi connectivity index (χ4v) is 1.47. The number of amides is 1. The summed E-state index contributed by atoms with van der Waals surface area (Å²) in [6.45, 7) is 2.57. The van der Waals surface area contributed by atoms with E-state index in [4.69, 9.17) is 5.11 Å². The Balaban J connectivity index is 2.87. The van der Waals surface area contributed by atoms with Crippen LogP contribution in [0.5, 0.6) is 0 Å². The minimum Gasteiger partial charge on any atom is -0.479 e. The number of carboxylic acids is 1. The van der Waals surface area contributed by atoms with Crippen molar-refractivity contribution in [2.24, 2.45) is 0 Å². The molecule has 20 heavy (non-hydrogen) atoms. The number of carbonyl (C=O) groups excluding carboxylic acids is 1. The van der Waals surface area contributed by atoms with Gasteiger partial charge in [-0.1, -0.05) is 0 Å². The van der Waals surface area contributed by atoms with Crippen molar-refractivity contribution in [1.82, 2.24) is 9.88 Å². The number of hydrogen-bond acceptors (Lipinski definition) is 5. The second-order valence-electron chi connectivity index (χ2n) is 4.39. The van der Waals surface area contributed by atoms with Gasteiger partial charge in [-0.2, -0.15) is 0 Å². The molecule has 9 heteroatoms. The van der Waals surface area contributed by atoms with E-state index in [1.807, 2.05) is 0 Å². The third-order valence-electron chi connectivity index (χ3n) is 2.72. The largest absolute Gasteiger partial charge is 0.479 e. The first-order valence-electron chi connectivity index (χ1n) is 5.77. The Bertz CT molecular complexity index is 548. The number of carboxylic acid groups (broad SMARTS) is 1. The number of carbonyl (C=O) groups is 2. The van der Waals surface area contributed by atoms with Gasteiger partial charge in [-0.05, 0) is 13.8 Å². The quantitative estimate of drug-likeness (QED) is 0.496. The summed E-state index contributed by atoms with van der Waals surface area (Å²) < 4.78 is 1.36. The molecule has 0 aromatic carbocycles. The van der Waals surface area contributed by atoms with E-state index in [1.54, 1.807) is 6.92 Å². The normalized spacial score (nSPS) is 13.6. The summed E-state index contributed by atoms with van der Waals surface area (Å²) in [6.07, 6.45) is 1.21. The summed E-state index contributed by atoms with van der Waals surface area (Å²) in [5.41, 5.74) is -2.31. The summed E-state index contributed by atoms with van der Waals surface area (Å²) in [6, 6.07) is 1.09. The van der Waals surface area contributed by atoms with Crippen molar-refractivity contribution >= 4 is 17.6 Å². The fourth-order valence-electron chi connectivity index (χ4n) is 1.47. The second-order valence-corrected chi connectivity index (χ2v) is 4.39. The molecular formula is C11H15N3O6. The molecule has 1 aromatic rings. The molecule has 1 heterocycles. The highest BCUT2D eigenvalue weighted by molar-refractivity contribution is 5.94. The average Bonchev–Trinajstić information content (AvgIpc) is 2.80. The molecule has 3 N–H and O–H groups in total. The van der Waals surface area contributed by atoms with Gasteiger partial charge < -0.3 is 20.1 Å². The molecule has 0 saturated carbocycles. The summed E-state index contributed by atoms with van der Waals surface area (Å²) in [4.78, 5) is 32.6. The SMILES string of the molecule is CCn1cc([N+](=O)[O-])cc1C(=O)NCC(C)(O)C(=O)O. The van der Waals surface area contributed by atoms with Gasteiger partial charge in [-0.25, -0.2) is 4.79 Å². The van der Waals surface area contributed by atoms with Gasteiger partial charge in [-0.3, -0.25) is 14.9 Å². The van der Waals surface area contributed by atoms with Crippen LogP contribution in [0.4, 0.5) is 5.69 Å². The average molecular weight is 285 g/mol. The first kappa shape index (κ1) is 15.6. The number of nitro groups is 1. The summed E-state index contributed by atoms with van der Waals surface area (Å²) in [5.74, 6) is -2.17. The zero-order chi connectivity index (χ0) is 15.5. The van der Waals surface area contributed by atoms with Gasteiger partial charge >= 0.3 is 5.97 Å². The molecule has 1 aromatic heterocycles. The number of nitrogens with one attached hydrogen (secondary N) is 1. The first-order valence-corrected chi connectivity index (χ1v) is 5.77. The van der Waals surface area contributed by atoms with Crippen molar-refractivity contribution in [3.05, 3.63) is 28.1 Å². The third-order valence-corrected chi connectivity index (χ3v) is 2.72. The molecule has 0 bridgehead atoms. The predicted octanol–water partition coefficient (Wildman–Crippen LogP) is -0.0184. The monoisotopic (exact) mass is 285 g/mol. The van der Waals surface area contributed by atoms with Crippen LogP contribution in [0.3, 0.4) is 0 Å². The van der Waals surface area contributed by atoms with Crippen LogP contribution in [-0.4, -0.2) is 43.7 Å². The van der Waals surface area contributed by atoms with Crippen LogP contribution in [0, 0.1) is 10.1 Å². The maximum Gasteiger partial charge on any atom is 0.337 e. The Labute approximate surface area is 114 Å². The minimum absolute atomic E-state index is 0.0281. The molecule has 0 radical (unpaired) electrons. The fraction of sp³-hybridized carbons (Fsp3) is 0.455. The third kappa shape index (κ3) is 3.32. The van der Waals surface area contributed by atoms with E-state index in [1.165, 1.54) is 10.8 Å². The number of aryl methyl sites for hydroxylation is 1. The van der Waals surface area contributed by atoms with Crippen LogP contribution in [0.1, 0.15) is 24.3 Å². The van der Waals surface area contributed by atoms with Gasteiger partial charge in [0, 0.05) is 12.6 Å². The van der Waals surface area contributed by atoms with Gasteiger partial charge in [0.25, 0.3) is 11.6 Å². The van der Waals surface area contributed by atoms with Crippen LogP contribution in [0.25, 0.3) is 0 Å². The highest BCUT2D eigenvalue weighted by Gasteiger charge is 2.31. The summed E-state index contributed by atoms with van der Waals surface area (Å²) in [5, 5.41) is 31.1. The van der Waals surface area contributed by atoms with E-state index in [0.29, 0.717) is 6.54 Å². The Morgan fingerprint density at radius 3 is 2.60 bits per heavy atom. The smallest absolute Gasteiger partial charge is 0.337 e. The van der Waals surface area contributed by atoms with E-state index in [9.17, 15) is 24.8 Å². The number of hydrogen-bond donors (Lipinski definition) is 3. The standard InChI is InChI=1S/C11H15N3O6/c1-3-13-5-7(14(19)20)4-8(13)9(15)12-6-11(2,18)10(16)17/h4-5,18H,3,6H2,1-2H3,(H,12,15)(H,16,17). The van der Waals surface area contributed by atoms with Gasteiger partial charge in [0.05, 0.1) is 17.7 Å². The van der Waals surface area contributed by atoms with E-state index in [0.717, 1.165) is 13.0 Å². The molecule has 0 aliphatic carbocycles. The summed E-state index contributed by atoms with van der Waals surface area (Å²) >= 11 is 0. The molecule has 0 saturated heterocycles. The maximum atomic E-state index is 11.9. The molecule has 1 amide bonds. The van der Waals surface area contributed by atoms with E-state index in [2.05, 4.69) is 5.32 Å². The number of aliphatic carboxylic acids is 1. The topological polar surface area (TPSA) is 135 Å². The van der Waals surface area contributed by atoms with Crippen molar-refractivity contribution in [2.45, 2.75) is 26.0 Å². The van der Waals surface area contributed by atoms with Crippen LogP contribution < -0.4 is 5.32 Å². The Morgan fingerprint density at radius 1 is 1.55 bits per heavy atom. The van der Waals surface area contributed by atoms with Crippen molar-refractivity contribution in [2.75, 3.05) is 6.54 Å². The van der Waals surface area contributed by atoms with Gasteiger partial charge in [0.1, 0.15) is 5.69 Å². The van der Waals surface area contributed by atoms with Crippen molar-refractivity contribution in [1.29, 1.82) is 0 Å². The molecule has 0 fully saturated rings. The zero-order valence-corrected chi connectivity index (χ0v) is 11.0. The molecule has 110 valence electrons. The highest BCUT2D eigenvalue weighted by Crippen LogP contribution is 2.16. The minimum atomic E-state index is -2.11. The van der Waals surface area contributed by atoms with Crippen LogP contribution in [-0.2, 0) is 11.3 Å². The molecule has 1 rings (SSSR count). The van der Waals surface area contributed by atoms with Crippen molar-refractivity contribution in [3.8, 4) is 0 Å². The zero-order valence-electron chi connectivity index (χ0n) is 11.0. The maximum absolute atomic E-state index is 11.9.